The van der Waals surface area contributed by atoms with Crippen molar-refractivity contribution >= 4 is 5.97 Å². The number of esters is 1. The maximum absolute atomic E-state index is 10.9. The van der Waals surface area contributed by atoms with Crippen molar-refractivity contribution in [2.75, 3.05) is 0 Å². The van der Waals surface area contributed by atoms with Crippen molar-refractivity contribution in [1.29, 1.82) is 0 Å². The molecule has 0 rings (SSSR count). The summed E-state index contributed by atoms with van der Waals surface area (Å²) in [7, 11) is 0. The quantitative estimate of drug-likeness (QED) is 0.603. The number of ether oxygens (including phenoxy) is 1. The number of hydrogen-bond acceptors (Lipinski definition) is 2. The van der Waals surface area contributed by atoms with E-state index >= 15 is 0 Å². The van der Waals surface area contributed by atoms with Crippen molar-refractivity contribution in [3.8, 4) is 0 Å². The van der Waals surface area contributed by atoms with Crippen molar-refractivity contribution in [2.45, 2.75) is 66.4 Å². The molecule has 90 valence electrons. The molecule has 0 radical (unpaired) electrons. The Morgan fingerprint density at radius 2 is 1.73 bits per heavy atom. The maximum atomic E-state index is 10.9. The Morgan fingerprint density at radius 1 is 1.13 bits per heavy atom. The molecule has 0 saturated carbocycles. The third-order valence-electron chi connectivity index (χ3n) is 2.88. The second kappa shape index (κ2) is 7.72. The van der Waals surface area contributed by atoms with E-state index in [-0.39, 0.29) is 12.1 Å². The molecule has 0 aromatic rings. The number of hydrogen-bond donors (Lipinski definition) is 0. The molecule has 0 heterocycles. The summed E-state index contributed by atoms with van der Waals surface area (Å²) in [6.45, 7) is 10.2. The largest absolute Gasteiger partial charge is 0.462 e. The molecule has 0 bridgehead atoms. The zero-order chi connectivity index (χ0) is 11.8. The van der Waals surface area contributed by atoms with Crippen LogP contribution in [0.25, 0.3) is 0 Å². The van der Waals surface area contributed by atoms with Crippen LogP contribution in [0.1, 0.15) is 60.3 Å². The highest BCUT2D eigenvalue weighted by Gasteiger charge is 2.20. The Balaban J connectivity index is 4.14. The van der Waals surface area contributed by atoms with Crippen molar-refractivity contribution in [3.05, 3.63) is 0 Å². The van der Waals surface area contributed by atoms with Gasteiger partial charge in [0.2, 0.25) is 0 Å². The van der Waals surface area contributed by atoms with Gasteiger partial charge in [-0.2, -0.15) is 0 Å². The molecule has 0 aromatic heterocycles. The second-order valence-corrected chi connectivity index (χ2v) is 4.70. The SMILES string of the molecule is CCC(CCC(C)C)C(CC)OC(C)=O. The summed E-state index contributed by atoms with van der Waals surface area (Å²) in [5, 5.41) is 0. The van der Waals surface area contributed by atoms with Gasteiger partial charge in [0.25, 0.3) is 0 Å². The monoisotopic (exact) mass is 214 g/mol. The standard InChI is InChI=1S/C13H26O2/c1-6-12(9-8-10(3)4)13(7-2)15-11(5)14/h10,12-13H,6-9H2,1-5H3. The first kappa shape index (κ1) is 14.5. The molecule has 2 atom stereocenters. The second-order valence-electron chi connectivity index (χ2n) is 4.70. The van der Waals surface area contributed by atoms with Gasteiger partial charge in [0.05, 0.1) is 0 Å². The van der Waals surface area contributed by atoms with Crippen molar-refractivity contribution in [3.63, 3.8) is 0 Å². The molecule has 0 saturated heterocycles. The topological polar surface area (TPSA) is 26.3 Å². The lowest BCUT2D eigenvalue weighted by Gasteiger charge is -2.25. The minimum atomic E-state index is -0.148. The lowest BCUT2D eigenvalue weighted by atomic mass is 9.90. The molecule has 0 aliphatic rings. The van der Waals surface area contributed by atoms with E-state index in [1.54, 1.807) is 0 Å². The van der Waals surface area contributed by atoms with Crippen LogP contribution < -0.4 is 0 Å². The molecule has 0 N–H and O–H groups in total. The van der Waals surface area contributed by atoms with Crippen LogP contribution in [0, 0.1) is 11.8 Å². The summed E-state index contributed by atoms with van der Waals surface area (Å²) in [6.07, 6.45) is 4.52. The average molecular weight is 214 g/mol. The third kappa shape index (κ3) is 6.53. The van der Waals surface area contributed by atoms with Crippen LogP contribution in [-0.2, 0) is 9.53 Å². The molecule has 0 aliphatic carbocycles. The molecule has 0 amide bonds. The van der Waals surface area contributed by atoms with Gasteiger partial charge in [-0.05, 0) is 31.1 Å². The van der Waals surface area contributed by atoms with Gasteiger partial charge in [-0.25, -0.2) is 0 Å². The van der Waals surface area contributed by atoms with Gasteiger partial charge in [-0.1, -0.05) is 34.1 Å². The highest BCUT2D eigenvalue weighted by atomic mass is 16.5. The smallest absolute Gasteiger partial charge is 0.302 e. The summed E-state index contributed by atoms with van der Waals surface area (Å²) in [5.74, 6) is 1.11. The van der Waals surface area contributed by atoms with Gasteiger partial charge in [0, 0.05) is 6.92 Å². The molecular weight excluding hydrogens is 188 g/mol. The van der Waals surface area contributed by atoms with E-state index in [9.17, 15) is 4.79 Å². The minimum Gasteiger partial charge on any atom is -0.462 e. The number of carbonyl (C=O) groups is 1. The van der Waals surface area contributed by atoms with Gasteiger partial charge in [0.15, 0.2) is 0 Å². The van der Waals surface area contributed by atoms with Crippen LogP contribution in [0.4, 0.5) is 0 Å². The third-order valence-corrected chi connectivity index (χ3v) is 2.88. The van der Waals surface area contributed by atoms with E-state index in [2.05, 4.69) is 27.7 Å². The molecule has 0 spiro atoms. The zero-order valence-electron chi connectivity index (χ0n) is 10.9. The molecule has 2 nitrogen and oxygen atoms in total. The predicted molar refractivity (Wildman–Crippen MR) is 63.7 cm³/mol. The normalized spacial score (nSPS) is 15.1. The summed E-state index contributed by atoms with van der Waals surface area (Å²) >= 11 is 0. The van der Waals surface area contributed by atoms with E-state index in [0.717, 1.165) is 18.8 Å². The van der Waals surface area contributed by atoms with Crippen LogP contribution in [-0.4, -0.2) is 12.1 Å². The van der Waals surface area contributed by atoms with Gasteiger partial charge in [-0.15, -0.1) is 0 Å². The molecular formula is C13H26O2. The minimum absolute atomic E-state index is 0.117. The van der Waals surface area contributed by atoms with Gasteiger partial charge in [-0.3, -0.25) is 4.79 Å². The fourth-order valence-electron chi connectivity index (χ4n) is 1.93. The van der Waals surface area contributed by atoms with Crippen LogP contribution >= 0.6 is 0 Å². The van der Waals surface area contributed by atoms with E-state index < -0.39 is 0 Å². The summed E-state index contributed by atoms with van der Waals surface area (Å²) in [4.78, 5) is 10.9. The highest BCUT2D eigenvalue weighted by Crippen LogP contribution is 2.23. The predicted octanol–water partition coefficient (Wildman–Crippen LogP) is 3.79. The Bertz CT molecular complexity index is 175. The number of carbonyl (C=O) groups excluding carboxylic acids is 1. The lowest BCUT2D eigenvalue weighted by molar-refractivity contribution is -0.149. The van der Waals surface area contributed by atoms with E-state index in [1.165, 1.54) is 19.8 Å². The summed E-state index contributed by atoms with van der Waals surface area (Å²) in [6, 6.07) is 0. The lowest BCUT2D eigenvalue weighted by Crippen LogP contribution is -2.25. The van der Waals surface area contributed by atoms with Crippen LogP contribution in [0.5, 0.6) is 0 Å². The highest BCUT2D eigenvalue weighted by molar-refractivity contribution is 5.66. The first-order valence-electron chi connectivity index (χ1n) is 6.18. The van der Waals surface area contributed by atoms with Crippen molar-refractivity contribution in [1.82, 2.24) is 0 Å². The van der Waals surface area contributed by atoms with E-state index in [1.807, 2.05) is 0 Å². The van der Waals surface area contributed by atoms with Crippen molar-refractivity contribution < 1.29 is 9.53 Å². The molecule has 0 aliphatic heterocycles. The van der Waals surface area contributed by atoms with Crippen LogP contribution in [0.3, 0.4) is 0 Å². The first-order valence-corrected chi connectivity index (χ1v) is 6.18. The summed E-state index contributed by atoms with van der Waals surface area (Å²) in [5.41, 5.74) is 0. The Morgan fingerprint density at radius 3 is 2.07 bits per heavy atom. The van der Waals surface area contributed by atoms with Crippen molar-refractivity contribution in [2.24, 2.45) is 11.8 Å². The van der Waals surface area contributed by atoms with Gasteiger partial charge >= 0.3 is 5.97 Å². The Labute approximate surface area is 94.4 Å². The summed E-state index contributed by atoms with van der Waals surface area (Å²) < 4.78 is 5.35. The Kier molecular flexibility index (Phi) is 7.45. The first-order chi connectivity index (χ1) is 7.01. The molecule has 15 heavy (non-hydrogen) atoms. The van der Waals surface area contributed by atoms with E-state index in [0.29, 0.717) is 5.92 Å². The maximum Gasteiger partial charge on any atom is 0.302 e. The fourth-order valence-corrected chi connectivity index (χ4v) is 1.93. The molecule has 2 unspecified atom stereocenters. The molecule has 0 fully saturated rings. The average Bonchev–Trinajstić information content (AvgIpc) is 2.15. The fraction of sp³-hybridized carbons (Fsp3) is 0.923. The van der Waals surface area contributed by atoms with Gasteiger partial charge < -0.3 is 4.74 Å². The van der Waals surface area contributed by atoms with Crippen LogP contribution in [0.2, 0.25) is 0 Å². The zero-order valence-corrected chi connectivity index (χ0v) is 10.9. The van der Waals surface area contributed by atoms with Crippen LogP contribution in [0.15, 0.2) is 0 Å². The molecule has 2 heteroatoms. The number of rotatable bonds is 7. The van der Waals surface area contributed by atoms with Gasteiger partial charge in [0.1, 0.15) is 6.10 Å². The van der Waals surface area contributed by atoms with E-state index in [4.69, 9.17) is 4.74 Å². The Hall–Kier alpha value is -0.530. The molecule has 0 aromatic carbocycles.